The van der Waals surface area contributed by atoms with Crippen molar-refractivity contribution in [1.29, 1.82) is 0 Å². The smallest absolute Gasteiger partial charge is 0.0363 e. The second-order valence-corrected chi connectivity index (χ2v) is 8.58. The third kappa shape index (κ3) is 2.68. The average Bonchev–Trinajstić information content (AvgIpc) is 2.86. The summed E-state index contributed by atoms with van der Waals surface area (Å²) in [5.74, 6) is 0. The van der Waals surface area contributed by atoms with Crippen molar-refractivity contribution in [2.75, 3.05) is 13.1 Å². The lowest BCUT2D eigenvalue weighted by atomic mass is 9.83. The molecule has 112 valence electrons. The van der Waals surface area contributed by atoms with Crippen molar-refractivity contribution in [3.63, 3.8) is 0 Å². The van der Waals surface area contributed by atoms with Crippen LogP contribution in [0.25, 0.3) is 0 Å². The molecule has 0 aromatic carbocycles. The van der Waals surface area contributed by atoms with Gasteiger partial charge in [0.05, 0.1) is 0 Å². The second-order valence-electron chi connectivity index (χ2n) is 7.58. The summed E-state index contributed by atoms with van der Waals surface area (Å²) in [6, 6.07) is 4.28. The Morgan fingerprint density at radius 3 is 2.90 bits per heavy atom. The molecule has 3 atom stereocenters. The number of rotatable bonds is 1. The molecule has 2 aliphatic rings. The molecule has 3 heteroatoms. The van der Waals surface area contributed by atoms with Gasteiger partial charge in [0.1, 0.15) is 0 Å². The predicted octanol–water partition coefficient (Wildman–Crippen LogP) is 3.83. The van der Waals surface area contributed by atoms with E-state index < -0.39 is 0 Å². The van der Waals surface area contributed by atoms with Crippen molar-refractivity contribution >= 4 is 11.3 Å². The normalized spacial score (nSPS) is 32.1. The van der Waals surface area contributed by atoms with E-state index in [1.54, 1.807) is 10.4 Å². The summed E-state index contributed by atoms with van der Waals surface area (Å²) in [6.07, 6.45) is 3.99. The number of thiophene rings is 1. The van der Waals surface area contributed by atoms with Crippen molar-refractivity contribution in [2.24, 2.45) is 5.41 Å². The largest absolute Gasteiger partial charge is 0.311 e. The van der Waals surface area contributed by atoms with E-state index in [1.165, 1.54) is 25.8 Å². The molecule has 2 heterocycles. The SMILES string of the molecule is CC1CNC(C(C)(C)C)CN1C1CCCc2sccc21. The molecule has 1 aliphatic heterocycles. The number of hydrogen-bond acceptors (Lipinski definition) is 3. The summed E-state index contributed by atoms with van der Waals surface area (Å²) in [6.45, 7) is 11.8. The predicted molar refractivity (Wildman–Crippen MR) is 87.4 cm³/mol. The minimum absolute atomic E-state index is 0.338. The Morgan fingerprint density at radius 1 is 1.35 bits per heavy atom. The molecule has 3 unspecified atom stereocenters. The second kappa shape index (κ2) is 5.43. The van der Waals surface area contributed by atoms with Crippen LogP contribution in [0.4, 0.5) is 0 Å². The molecule has 1 fully saturated rings. The highest BCUT2D eigenvalue weighted by Crippen LogP contribution is 2.39. The Bertz CT molecular complexity index is 460. The highest BCUT2D eigenvalue weighted by molar-refractivity contribution is 7.10. The van der Waals surface area contributed by atoms with Gasteiger partial charge >= 0.3 is 0 Å². The molecule has 0 saturated carbocycles. The molecule has 1 aromatic heterocycles. The lowest BCUT2D eigenvalue weighted by Gasteiger charge is -2.48. The fourth-order valence-electron chi connectivity index (χ4n) is 3.71. The minimum Gasteiger partial charge on any atom is -0.311 e. The zero-order chi connectivity index (χ0) is 14.3. The maximum Gasteiger partial charge on any atom is 0.0363 e. The van der Waals surface area contributed by atoms with Crippen LogP contribution in [0.5, 0.6) is 0 Å². The van der Waals surface area contributed by atoms with Gasteiger partial charge in [-0.25, -0.2) is 0 Å². The van der Waals surface area contributed by atoms with Crippen LogP contribution in [0.2, 0.25) is 0 Å². The molecular formula is C17H28N2S. The Hall–Kier alpha value is -0.380. The van der Waals surface area contributed by atoms with E-state index in [-0.39, 0.29) is 0 Å². The van der Waals surface area contributed by atoms with E-state index in [1.807, 2.05) is 11.3 Å². The van der Waals surface area contributed by atoms with Gasteiger partial charge in [-0.3, -0.25) is 4.90 Å². The minimum atomic E-state index is 0.338. The lowest BCUT2D eigenvalue weighted by Crippen LogP contribution is -2.60. The summed E-state index contributed by atoms with van der Waals surface area (Å²) >= 11 is 1.96. The molecule has 1 N–H and O–H groups in total. The monoisotopic (exact) mass is 292 g/mol. The molecule has 1 aliphatic carbocycles. The molecule has 0 spiro atoms. The van der Waals surface area contributed by atoms with Crippen molar-refractivity contribution in [3.05, 3.63) is 21.9 Å². The summed E-state index contributed by atoms with van der Waals surface area (Å²) in [5, 5.41) is 6.05. The maximum atomic E-state index is 3.76. The van der Waals surface area contributed by atoms with E-state index in [9.17, 15) is 0 Å². The summed E-state index contributed by atoms with van der Waals surface area (Å²) < 4.78 is 0. The topological polar surface area (TPSA) is 15.3 Å². The molecule has 2 nitrogen and oxygen atoms in total. The van der Waals surface area contributed by atoms with Crippen molar-refractivity contribution in [2.45, 2.75) is 65.1 Å². The van der Waals surface area contributed by atoms with Gasteiger partial charge < -0.3 is 5.32 Å². The molecule has 3 rings (SSSR count). The van der Waals surface area contributed by atoms with Crippen LogP contribution < -0.4 is 5.32 Å². The molecule has 0 bridgehead atoms. The molecule has 0 radical (unpaired) electrons. The summed E-state index contributed by atoms with van der Waals surface area (Å²) in [7, 11) is 0. The Balaban J connectivity index is 1.82. The first-order chi connectivity index (χ1) is 9.47. The van der Waals surface area contributed by atoms with Gasteiger partial charge in [-0.15, -0.1) is 11.3 Å². The lowest BCUT2D eigenvalue weighted by molar-refractivity contribution is 0.0500. The molecule has 1 aromatic rings. The molecule has 1 saturated heterocycles. The first kappa shape index (κ1) is 14.6. The first-order valence-corrected chi connectivity index (χ1v) is 8.90. The van der Waals surface area contributed by atoms with E-state index in [0.29, 0.717) is 23.5 Å². The number of nitrogens with one attached hydrogen (secondary N) is 1. The standard InChI is InChI=1S/C17H28N2S/c1-12-10-18-16(17(2,3)4)11-19(12)14-6-5-7-15-13(14)8-9-20-15/h8-9,12,14,16,18H,5-7,10-11H2,1-4H3. The van der Waals surface area contributed by atoms with Crippen LogP contribution in [0.15, 0.2) is 11.4 Å². The summed E-state index contributed by atoms with van der Waals surface area (Å²) in [4.78, 5) is 4.41. The van der Waals surface area contributed by atoms with Gasteiger partial charge in [-0.2, -0.15) is 0 Å². The van der Waals surface area contributed by atoms with Gasteiger partial charge in [0, 0.05) is 36.1 Å². The Kier molecular flexibility index (Phi) is 3.95. The van der Waals surface area contributed by atoms with E-state index in [0.717, 1.165) is 6.54 Å². The molecule has 0 amide bonds. The van der Waals surface area contributed by atoms with Gasteiger partial charge in [-0.1, -0.05) is 20.8 Å². The number of aryl methyl sites for hydroxylation is 1. The zero-order valence-electron chi connectivity index (χ0n) is 13.3. The van der Waals surface area contributed by atoms with Gasteiger partial charge in [-0.05, 0) is 48.6 Å². The number of fused-ring (bicyclic) bond motifs is 1. The third-order valence-corrected chi connectivity index (χ3v) is 6.08. The summed E-state index contributed by atoms with van der Waals surface area (Å²) in [5.41, 5.74) is 1.97. The van der Waals surface area contributed by atoms with Gasteiger partial charge in [0.25, 0.3) is 0 Å². The van der Waals surface area contributed by atoms with Crippen molar-refractivity contribution in [1.82, 2.24) is 10.2 Å². The number of hydrogen-bond donors (Lipinski definition) is 1. The third-order valence-electron chi connectivity index (χ3n) is 5.09. The van der Waals surface area contributed by atoms with Crippen LogP contribution in [0.1, 0.15) is 57.0 Å². The van der Waals surface area contributed by atoms with Crippen LogP contribution in [-0.2, 0) is 6.42 Å². The van der Waals surface area contributed by atoms with Crippen LogP contribution in [0.3, 0.4) is 0 Å². The molecule has 20 heavy (non-hydrogen) atoms. The van der Waals surface area contributed by atoms with Crippen LogP contribution >= 0.6 is 11.3 Å². The first-order valence-electron chi connectivity index (χ1n) is 8.02. The zero-order valence-corrected chi connectivity index (χ0v) is 14.1. The van der Waals surface area contributed by atoms with E-state index in [4.69, 9.17) is 0 Å². The fraction of sp³-hybridized carbons (Fsp3) is 0.765. The Morgan fingerprint density at radius 2 is 2.15 bits per heavy atom. The van der Waals surface area contributed by atoms with Crippen molar-refractivity contribution in [3.8, 4) is 0 Å². The fourth-order valence-corrected chi connectivity index (χ4v) is 4.69. The quantitative estimate of drug-likeness (QED) is 0.846. The van der Waals surface area contributed by atoms with E-state index in [2.05, 4.69) is 49.4 Å². The number of piperazine rings is 1. The van der Waals surface area contributed by atoms with Gasteiger partial charge in [0.15, 0.2) is 0 Å². The van der Waals surface area contributed by atoms with E-state index >= 15 is 0 Å². The average molecular weight is 292 g/mol. The molecular weight excluding hydrogens is 264 g/mol. The van der Waals surface area contributed by atoms with Crippen LogP contribution in [-0.4, -0.2) is 30.1 Å². The van der Waals surface area contributed by atoms with Crippen LogP contribution in [0, 0.1) is 5.41 Å². The van der Waals surface area contributed by atoms with Crippen molar-refractivity contribution < 1.29 is 0 Å². The highest BCUT2D eigenvalue weighted by atomic mass is 32.1. The Labute approximate surface area is 127 Å². The highest BCUT2D eigenvalue weighted by Gasteiger charge is 2.37. The maximum absolute atomic E-state index is 3.76. The van der Waals surface area contributed by atoms with Gasteiger partial charge in [0.2, 0.25) is 0 Å². The number of nitrogens with zero attached hydrogens (tertiary/aromatic N) is 1.